The van der Waals surface area contributed by atoms with Crippen LogP contribution in [0.25, 0.3) is 0 Å². The summed E-state index contributed by atoms with van der Waals surface area (Å²) in [5.41, 5.74) is 11.5. The molecule has 108 valence electrons. The number of nitrogens with zero attached hydrogens (tertiary/aromatic N) is 2. The minimum Gasteiger partial charge on any atom is -0.409 e. The summed E-state index contributed by atoms with van der Waals surface area (Å²) in [7, 11) is 1.44. The average molecular weight is 278 g/mol. The monoisotopic (exact) mass is 278 g/mol. The normalized spacial score (nSPS) is 12.8. The summed E-state index contributed by atoms with van der Waals surface area (Å²) in [5, 5.41) is 11.7. The maximum atomic E-state index is 12.2. The number of primary amides is 1. The molecule has 0 heterocycles. The summed E-state index contributed by atoms with van der Waals surface area (Å²) >= 11 is 0. The van der Waals surface area contributed by atoms with Gasteiger partial charge in [-0.15, -0.1) is 0 Å². The summed E-state index contributed by atoms with van der Waals surface area (Å²) in [6, 6.07) is 9.17. The maximum Gasteiger partial charge on any atom is 0.237 e. The number of oxime groups is 1. The van der Waals surface area contributed by atoms with Crippen molar-refractivity contribution in [3.63, 3.8) is 0 Å². The Morgan fingerprint density at radius 2 is 1.90 bits per heavy atom. The quantitative estimate of drug-likeness (QED) is 0.282. The molecule has 0 aliphatic carbocycles. The van der Waals surface area contributed by atoms with E-state index in [9.17, 15) is 9.59 Å². The predicted molar refractivity (Wildman–Crippen MR) is 73.9 cm³/mol. The number of rotatable bonds is 6. The number of hydrogen-bond donors (Lipinski definition) is 3. The van der Waals surface area contributed by atoms with Crippen LogP contribution in [-0.4, -0.2) is 41.3 Å². The van der Waals surface area contributed by atoms with E-state index in [1.54, 1.807) is 0 Å². The Morgan fingerprint density at radius 3 is 2.40 bits per heavy atom. The number of carbonyl (C=O) groups is 2. The molecule has 0 saturated heterocycles. The van der Waals surface area contributed by atoms with Crippen molar-refractivity contribution in [1.82, 2.24) is 4.90 Å². The first-order chi connectivity index (χ1) is 9.45. The minimum absolute atomic E-state index is 0.199. The van der Waals surface area contributed by atoms with Crippen molar-refractivity contribution < 1.29 is 14.8 Å². The van der Waals surface area contributed by atoms with E-state index in [0.717, 1.165) is 10.5 Å². The molecule has 20 heavy (non-hydrogen) atoms. The van der Waals surface area contributed by atoms with Crippen LogP contribution in [0.4, 0.5) is 0 Å². The summed E-state index contributed by atoms with van der Waals surface area (Å²) in [6.45, 7) is -0.219. The molecule has 1 unspecified atom stereocenters. The lowest BCUT2D eigenvalue weighted by molar-refractivity contribution is -0.135. The minimum atomic E-state index is -0.841. The van der Waals surface area contributed by atoms with Crippen LogP contribution in [0, 0.1) is 5.92 Å². The molecule has 1 aromatic carbocycles. The highest BCUT2D eigenvalue weighted by Crippen LogP contribution is 2.12. The Hall–Kier alpha value is -2.57. The van der Waals surface area contributed by atoms with Gasteiger partial charge < -0.3 is 21.6 Å². The number of benzene rings is 1. The van der Waals surface area contributed by atoms with Gasteiger partial charge in [0.15, 0.2) is 5.84 Å². The number of nitrogens with two attached hydrogens (primary N) is 2. The van der Waals surface area contributed by atoms with Crippen molar-refractivity contribution in [1.29, 1.82) is 0 Å². The van der Waals surface area contributed by atoms with Crippen molar-refractivity contribution in [3.8, 4) is 0 Å². The summed E-state index contributed by atoms with van der Waals surface area (Å²) in [4.78, 5) is 24.2. The number of carbonyl (C=O) groups excluding carboxylic acids is 2. The molecule has 0 radical (unpaired) electrons. The zero-order chi connectivity index (χ0) is 15.1. The zero-order valence-electron chi connectivity index (χ0n) is 11.2. The summed E-state index contributed by atoms with van der Waals surface area (Å²) < 4.78 is 0. The molecule has 0 aliphatic rings. The Kier molecular flexibility index (Phi) is 5.52. The van der Waals surface area contributed by atoms with Crippen molar-refractivity contribution >= 4 is 17.6 Å². The second-order valence-electron chi connectivity index (χ2n) is 4.43. The van der Waals surface area contributed by atoms with Gasteiger partial charge in [-0.2, -0.15) is 0 Å². The SMILES string of the molecule is CN(CC(N)=O)C(=O)C(Cc1ccccc1)C(N)=NO. The molecule has 1 rings (SSSR count). The zero-order valence-corrected chi connectivity index (χ0v) is 11.2. The molecule has 0 spiro atoms. The molecule has 1 aromatic rings. The third-order valence-electron chi connectivity index (χ3n) is 2.82. The lowest BCUT2D eigenvalue weighted by atomic mass is 9.97. The Bertz CT molecular complexity index is 502. The van der Waals surface area contributed by atoms with E-state index in [-0.39, 0.29) is 18.8 Å². The van der Waals surface area contributed by atoms with E-state index in [1.165, 1.54) is 7.05 Å². The summed E-state index contributed by atoms with van der Waals surface area (Å²) in [6.07, 6.45) is 0.276. The molecule has 7 heteroatoms. The van der Waals surface area contributed by atoms with Crippen LogP contribution in [0.2, 0.25) is 0 Å². The molecular weight excluding hydrogens is 260 g/mol. The van der Waals surface area contributed by atoms with Gasteiger partial charge in [-0.1, -0.05) is 35.5 Å². The maximum absolute atomic E-state index is 12.2. The molecule has 7 nitrogen and oxygen atoms in total. The Labute approximate surface area is 116 Å². The number of amides is 2. The van der Waals surface area contributed by atoms with Crippen LogP contribution in [0.15, 0.2) is 35.5 Å². The van der Waals surface area contributed by atoms with Gasteiger partial charge >= 0.3 is 0 Å². The van der Waals surface area contributed by atoms with Crippen LogP contribution in [0.3, 0.4) is 0 Å². The van der Waals surface area contributed by atoms with Crippen LogP contribution in [0.1, 0.15) is 5.56 Å². The third kappa shape index (κ3) is 4.27. The Morgan fingerprint density at radius 1 is 1.30 bits per heavy atom. The van der Waals surface area contributed by atoms with Crippen molar-refractivity contribution in [3.05, 3.63) is 35.9 Å². The van der Waals surface area contributed by atoms with Gasteiger partial charge in [0, 0.05) is 7.05 Å². The van der Waals surface area contributed by atoms with Crippen molar-refractivity contribution in [2.24, 2.45) is 22.5 Å². The smallest absolute Gasteiger partial charge is 0.237 e. The third-order valence-corrected chi connectivity index (χ3v) is 2.82. The van der Waals surface area contributed by atoms with Crippen molar-refractivity contribution in [2.45, 2.75) is 6.42 Å². The van der Waals surface area contributed by atoms with E-state index in [4.69, 9.17) is 16.7 Å². The van der Waals surface area contributed by atoms with Crippen LogP contribution in [-0.2, 0) is 16.0 Å². The van der Waals surface area contributed by atoms with Gasteiger partial charge in [-0.25, -0.2) is 0 Å². The van der Waals surface area contributed by atoms with Crippen LogP contribution < -0.4 is 11.5 Å². The summed E-state index contributed by atoms with van der Waals surface area (Å²) in [5.74, 6) is -2.09. The molecule has 0 bridgehead atoms. The Balaban J connectivity index is 2.90. The van der Waals surface area contributed by atoms with Gasteiger partial charge in [-0.3, -0.25) is 9.59 Å². The standard InChI is InChI=1S/C13H18N4O3/c1-17(8-11(14)18)13(19)10(12(15)16-20)7-9-5-3-2-4-6-9/h2-6,10,20H,7-8H2,1H3,(H2,14,18)(H2,15,16). The molecule has 0 fully saturated rings. The highest BCUT2D eigenvalue weighted by atomic mass is 16.4. The van der Waals surface area contributed by atoms with E-state index in [2.05, 4.69) is 5.16 Å². The number of amidine groups is 1. The topological polar surface area (TPSA) is 122 Å². The first-order valence-electron chi connectivity index (χ1n) is 6.00. The van der Waals surface area contributed by atoms with E-state index in [0.29, 0.717) is 0 Å². The fourth-order valence-electron chi connectivity index (χ4n) is 1.82. The fraction of sp³-hybridized carbons (Fsp3) is 0.308. The largest absolute Gasteiger partial charge is 0.409 e. The first kappa shape index (κ1) is 15.5. The van der Waals surface area contributed by atoms with Gasteiger partial charge in [0.1, 0.15) is 5.92 Å². The highest BCUT2D eigenvalue weighted by molar-refractivity contribution is 6.03. The van der Waals surface area contributed by atoms with E-state index >= 15 is 0 Å². The molecule has 1 atom stereocenters. The molecule has 5 N–H and O–H groups in total. The van der Waals surface area contributed by atoms with Gasteiger partial charge in [0.2, 0.25) is 11.8 Å². The predicted octanol–water partition coefficient (Wildman–Crippen LogP) is -0.465. The second kappa shape index (κ2) is 7.13. The lowest BCUT2D eigenvalue weighted by Gasteiger charge is -2.22. The van der Waals surface area contributed by atoms with Crippen LogP contribution >= 0.6 is 0 Å². The van der Waals surface area contributed by atoms with Gasteiger partial charge in [0.05, 0.1) is 6.54 Å². The molecule has 2 amide bonds. The van der Waals surface area contributed by atoms with E-state index < -0.39 is 17.7 Å². The fourth-order valence-corrected chi connectivity index (χ4v) is 1.82. The van der Waals surface area contributed by atoms with Gasteiger partial charge in [-0.05, 0) is 12.0 Å². The molecule has 0 saturated carbocycles. The van der Waals surface area contributed by atoms with Gasteiger partial charge in [0.25, 0.3) is 0 Å². The molecule has 0 aliphatic heterocycles. The first-order valence-corrected chi connectivity index (χ1v) is 6.00. The molecular formula is C13H18N4O3. The second-order valence-corrected chi connectivity index (χ2v) is 4.43. The number of likely N-dealkylation sites (N-methyl/N-ethyl adjacent to an activating group) is 1. The van der Waals surface area contributed by atoms with Crippen LogP contribution in [0.5, 0.6) is 0 Å². The van der Waals surface area contributed by atoms with E-state index in [1.807, 2.05) is 30.3 Å². The number of hydrogen-bond acceptors (Lipinski definition) is 4. The van der Waals surface area contributed by atoms with Crippen molar-refractivity contribution in [2.75, 3.05) is 13.6 Å². The highest BCUT2D eigenvalue weighted by Gasteiger charge is 2.27. The lowest BCUT2D eigenvalue weighted by Crippen LogP contribution is -2.44. The molecule has 0 aromatic heterocycles. The average Bonchev–Trinajstić information content (AvgIpc) is 2.43.